The molecule has 3 aromatic carbocycles. The van der Waals surface area contributed by atoms with E-state index in [4.69, 9.17) is 9.47 Å². The Kier molecular flexibility index (Phi) is 6.53. The molecule has 1 amide bonds. The van der Waals surface area contributed by atoms with Crippen molar-refractivity contribution in [2.24, 2.45) is 0 Å². The molecular weight excluding hydrogens is 411 g/mol. The zero-order valence-corrected chi connectivity index (χ0v) is 16.8. The van der Waals surface area contributed by atoms with Crippen LogP contribution in [0.1, 0.15) is 0 Å². The predicted octanol–water partition coefficient (Wildman–Crippen LogP) is 3.65. The number of ether oxygens (including phenoxy) is 2. The lowest BCUT2D eigenvalue weighted by atomic mass is 10.3. The van der Waals surface area contributed by atoms with E-state index in [9.17, 15) is 17.6 Å². The van der Waals surface area contributed by atoms with E-state index in [1.54, 1.807) is 31.4 Å². The Hall–Kier alpha value is -3.59. The van der Waals surface area contributed by atoms with Crippen LogP contribution in [-0.2, 0) is 14.8 Å². The SMILES string of the molecule is COc1ccc(OCC(=O)Nc2ccc(S(=O)(=O)Nc3ccc(F)cc3)cc2)cc1. The average molecular weight is 430 g/mol. The first-order valence-corrected chi connectivity index (χ1v) is 10.3. The van der Waals surface area contributed by atoms with Crippen LogP contribution in [0.2, 0.25) is 0 Å². The predicted molar refractivity (Wildman–Crippen MR) is 111 cm³/mol. The quantitative estimate of drug-likeness (QED) is 0.569. The van der Waals surface area contributed by atoms with Gasteiger partial charge in [0.15, 0.2) is 6.61 Å². The van der Waals surface area contributed by atoms with Crippen molar-refractivity contribution in [2.45, 2.75) is 4.90 Å². The van der Waals surface area contributed by atoms with Gasteiger partial charge in [-0.3, -0.25) is 9.52 Å². The number of nitrogens with one attached hydrogen (secondary N) is 2. The third-order valence-electron chi connectivity index (χ3n) is 3.97. The summed E-state index contributed by atoms with van der Waals surface area (Å²) < 4.78 is 50.6. The summed E-state index contributed by atoms with van der Waals surface area (Å²) in [4.78, 5) is 12.0. The molecule has 2 N–H and O–H groups in total. The van der Waals surface area contributed by atoms with Crippen molar-refractivity contribution in [3.8, 4) is 11.5 Å². The molecule has 0 radical (unpaired) electrons. The molecular formula is C21H19FN2O5S. The smallest absolute Gasteiger partial charge is 0.262 e. The summed E-state index contributed by atoms with van der Waals surface area (Å²) in [5.74, 6) is 0.329. The van der Waals surface area contributed by atoms with Crippen molar-refractivity contribution < 1.29 is 27.1 Å². The van der Waals surface area contributed by atoms with E-state index in [1.165, 1.54) is 36.4 Å². The number of methoxy groups -OCH3 is 1. The van der Waals surface area contributed by atoms with Crippen molar-refractivity contribution in [1.29, 1.82) is 0 Å². The first-order valence-electron chi connectivity index (χ1n) is 8.81. The Morgan fingerprint density at radius 2 is 1.43 bits per heavy atom. The van der Waals surface area contributed by atoms with Crippen molar-refractivity contribution in [2.75, 3.05) is 23.8 Å². The molecule has 3 rings (SSSR count). The number of halogens is 1. The monoisotopic (exact) mass is 430 g/mol. The second kappa shape index (κ2) is 9.27. The summed E-state index contributed by atoms with van der Waals surface area (Å²) >= 11 is 0. The highest BCUT2D eigenvalue weighted by Gasteiger charge is 2.14. The summed E-state index contributed by atoms with van der Waals surface area (Å²) in [5, 5.41) is 2.62. The topological polar surface area (TPSA) is 93.7 Å². The molecule has 0 saturated heterocycles. The van der Waals surface area contributed by atoms with Crippen molar-refractivity contribution in [3.05, 3.63) is 78.6 Å². The molecule has 0 aliphatic heterocycles. The minimum absolute atomic E-state index is 0.000642. The molecule has 0 spiro atoms. The van der Waals surface area contributed by atoms with Gasteiger partial charge in [0.1, 0.15) is 17.3 Å². The third kappa shape index (κ3) is 5.71. The lowest BCUT2D eigenvalue weighted by Crippen LogP contribution is -2.20. The molecule has 0 aliphatic carbocycles. The Morgan fingerprint density at radius 1 is 0.867 bits per heavy atom. The summed E-state index contributed by atoms with van der Waals surface area (Å²) in [6.07, 6.45) is 0. The Balaban J connectivity index is 1.56. The van der Waals surface area contributed by atoms with Crippen LogP contribution in [0, 0.1) is 5.82 Å². The molecule has 0 aliphatic rings. The first-order chi connectivity index (χ1) is 14.4. The first kappa shape index (κ1) is 21.1. The highest BCUT2D eigenvalue weighted by Crippen LogP contribution is 2.19. The van der Waals surface area contributed by atoms with Gasteiger partial charge in [0, 0.05) is 11.4 Å². The molecule has 0 aromatic heterocycles. The largest absolute Gasteiger partial charge is 0.497 e. The lowest BCUT2D eigenvalue weighted by molar-refractivity contribution is -0.118. The van der Waals surface area contributed by atoms with Crippen LogP contribution in [0.4, 0.5) is 15.8 Å². The number of amides is 1. The van der Waals surface area contributed by atoms with Gasteiger partial charge in [0.2, 0.25) is 0 Å². The second-order valence-corrected chi connectivity index (χ2v) is 7.83. The maximum Gasteiger partial charge on any atom is 0.262 e. The summed E-state index contributed by atoms with van der Waals surface area (Å²) in [7, 11) is -2.29. The minimum Gasteiger partial charge on any atom is -0.497 e. The van der Waals surface area contributed by atoms with Crippen molar-refractivity contribution in [1.82, 2.24) is 0 Å². The van der Waals surface area contributed by atoms with Gasteiger partial charge in [-0.1, -0.05) is 0 Å². The van der Waals surface area contributed by atoms with Crippen molar-refractivity contribution >= 4 is 27.3 Å². The van der Waals surface area contributed by atoms with E-state index < -0.39 is 21.7 Å². The molecule has 0 fully saturated rings. The molecule has 0 bridgehead atoms. The van der Waals surface area contributed by atoms with Crippen molar-refractivity contribution in [3.63, 3.8) is 0 Å². The molecule has 9 heteroatoms. The summed E-state index contributed by atoms with van der Waals surface area (Å²) in [6, 6.07) is 17.4. The lowest BCUT2D eigenvalue weighted by Gasteiger charge is -2.10. The number of carbonyl (C=O) groups excluding carboxylic acids is 1. The Bertz CT molecular complexity index is 1100. The van der Waals surface area contributed by atoms with Crippen LogP contribution in [0.15, 0.2) is 77.7 Å². The second-order valence-electron chi connectivity index (χ2n) is 6.15. The normalized spacial score (nSPS) is 10.9. The highest BCUT2D eigenvalue weighted by molar-refractivity contribution is 7.92. The van der Waals surface area contributed by atoms with Crippen LogP contribution < -0.4 is 19.5 Å². The van der Waals surface area contributed by atoms with Gasteiger partial charge in [0.25, 0.3) is 15.9 Å². The number of hydrogen-bond donors (Lipinski definition) is 2. The van der Waals surface area contributed by atoms with Gasteiger partial charge in [-0.15, -0.1) is 0 Å². The average Bonchev–Trinajstić information content (AvgIpc) is 2.74. The van der Waals surface area contributed by atoms with Gasteiger partial charge in [-0.25, -0.2) is 12.8 Å². The van der Waals surface area contributed by atoms with Gasteiger partial charge in [-0.05, 0) is 72.8 Å². The number of carbonyl (C=O) groups is 1. The maximum atomic E-state index is 12.9. The Morgan fingerprint density at radius 3 is 2.03 bits per heavy atom. The third-order valence-corrected chi connectivity index (χ3v) is 5.37. The van der Waals surface area contributed by atoms with E-state index >= 15 is 0 Å². The van der Waals surface area contributed by atoms with E-state index in [1.807, 2.05) is 0 Å². The van der Waals surface area contributed by atoms with Gasteiger partial charge in [-0.2, -0.15) is 0 Å². The highest BCUT2D eigenvalue weighted by atomic mass is 32.2. The molecule has 0 heterocycles. The maximum absolute atomic E-state index is 12.9. The number of hydrogen-bond acceptors (Lipinski definition) is 5. The summed E-state index contributed by atoms with van der Waals surface area (Å²) in [6.45, 7) is -0.210. The van der Waals surface area contributed by atoms with Gasteiger partial charge < -0.3 is 14.8 Å². The van der Waals surface area contributed by atoms with E-state index in [0.717, 1.165) is 12.1 Å². The fourth-order valence-corrected chi connectivity index (χ4v) is 3.53. The molecule has 0 saturated carbocycles. The van der Waals surface area contributed by atoms with E-state index in [2.05, 4.69) is 10.0 Å². The molecule has 7 nitrogen and oxygen atoms in total. The van der Waals surface area contributed by atoms with Crippen LogP contribution in [0.25, 0.3) is 0 Å². The minimum atomic E-state index is -3.84. The summed E-state index contributed by atoms with van der Waals surface area (Å²) in [5.41, 5.74) is 0.656. The van der Waals surface area contributed by atoms with E-state index in [0.29, 0.717) is 17.2 Å². The van der Waals surface area contributed by atoms with Gasteiger partial charge in [0.05, 0.1) is 12.0 Å². The standard InChI is InChI=1S/C21H19FN2O5S/c1-28-18-8-10-19(11-9-18)29-14-21(25)23-16-6-12-20(13-7-16)30(26,27)24-17-4-2-15(22)3-5-17/h2-13,24H,14H2,1H3,(H,23,25). The fourth-order valence-electron chi connectivity index (χ4n) is 2.47. The van der Waals surface area contributed by atoms with Crippen LogP contribution >= 0.6 is 0 Å². The molecule has 3 aromatic rings. The van der Waals surface area contributed by atoms with Crippen LogP contribution in [0.3, 0.4) is 0 Å². The zero-order chi connectivity index (χ0) is 21.6. The number of sulfonamides is 1. The zero-order valence-electron chi connectivity index (χ0n) is 16.0. The Labute approximate surface area is 173 Å². The fraction of sp³-hybridized carbons (Fsp3) is 0.0952. The van der Waals surface area contributed by atoms with Crippen LogP contribution in [-0.4, -0.2) is 28.0 Å². The molecule has 0 atom stereocenters. The van der Waals surface area contributed by atoms with Gasteiger partial charge >= 0.3 is 0 Å². The van der Waals surface area contributed by atoms with E-state index in [-0.39, 0.29) is 17.2 Å². The molecule has 156 valence electrons. The number of benzene rings is 3. The molecule has 0 unspecified atom stereocenters. The molecule has 30 heavy (non-hydrogen) atoms. The van der Waals surface area contributed by atoms with Crippen LogP contribution in [0.5, 0.6) is 11.5 Å². The number of rotatable bonds is 8. The number of anilines is 2.